The number of carbonyl (C=O) groups excluding carboxylic acids is 1. The summed E-state index contributed by atoms with van der Waals surface area (Å²) in [4.78, 5) is 13.6. The van der Waals surface area contributed by atoms with E-state index in [2.05, 4.69) is 0 Å². The summed E-state index contributed by atoms with van der Waals surface area (Å²) in [5.41, 5.74) is 0.334. The van der Waals surface area contributed by atoms with Crippen molar-refractivity contribution in [3.8, 4) is 0 Å². The zero-order valence-corrected chi connectivity index (χ0v) is 9.06. The molecule has 1 aliphatic heterocycles. The molecule has 1 aromatic rings. The number of carbonyl (C=O) groups is 1. The van der Waals surface area contributed by atoms with E-state index in [9.17, 15) is 14.3 Å². The molecule has 1 saturated heterocycles. The first-order chi connectivity index (χ1) is 7.58. The van der Waals surface area contributed by atoms with Gasteiger partial charge in [0, 0.05) is 18.2 Å². The van der Waals surface area contributed by atoms with Crippen LogP contribution in [0.4, 0.5) is 4.39 Å². The zero-order chi connectivity index (χ0) is 11.7. The summed E-state index contributed by atoms with van der Waals surface area (Å²) in [5, 5.41) is 9.45. The first-order valence-electron chi connectivity index (χ1n) is 5.32. The standard InChI is InChI=1S/C12H14FNO2/c1-8-5-11(15)7-14(8)12(16)9-3-2-4-10(13)6-9/h2-4,6,8,11,15H,5,7H2,1H3/t8-,11-/m1/s1. The molecule has 16 heavy (non-hydrogen) atoms. The monoisotopic (exact) mass is 223 g/mol. The maximum absolute atomic E-state index is 13.0. The van der Waals surface area contributed by atoms with Gasteiger partial charge in [-0.25, -0.2) is 4.39 Å². The van der Waals surface area contributed by atoms with Crippen LogP contribution in [0, 0.1) is 5.82 Å². The first kappa shape index (κ1) is 11.1. The lowest BCUT2D eigenvalue weighted by molar-refractivity contribution is 0.0725. The predicted molar refractivity (Wildman–Crippen MR) is 57.5 cm³/mol. The Morgan fingerprint density at radius 2 is 2.31 bits per heavy atom. The SMILES string of the molecule is C[C@@H]1C[C@@H](O)CN1C(=O)c1cccc(F)c1. The van der Waals surface area contributed by atoms with Gasteiger partial charge in [-0.1, -0.05) is 6.07 Å². The van der Waals surface area contributed by atoms with E-state index in [4.69, 9.17) is 0 Å². The topological polar surface area (TPSA) is 40.5 Å². The highest BCUT2D eigenvalue weighted by Gasteiger charge is 2.31. The quantitative estimate of drug-likeness (QED) is 0.782. The minimum Gasteiger partial charge on any atom is -0.391 e. The Balaban J connectivity index is 2.19. The molecule has 1 aliphatic rings. The zero-order valence-electron chi connectivity index (χ0n) is 9.06. The van der Waals surface area contributed by atoms with Gasteiger partial charge in [-0.15, -0.1) is 0 Å². The van der Waals surface area contributed by atoms with Crippen molar-refractivity contribution in [1.82, 2.24) is 4.90 Å². The van der Waals surface area contributed by atoms with Gasteiger partial charge < -0.3 is 10.0 Å². The van der Waals surface area contributed by atoms with Gasteiger partial charge in [0.05, 0.1) is 6.10 Å². The molecule has 1 fully saturated rings. The van der Waals surface area contributed by atoms with Gasteiger partial charge in [0.2, 0.25) is 0 Å². The second kappa shape index (κ2) is 4.22. The second-order valence-electron chi connectivity index (χ2n) is 4.21. The van der Waals surface area contributed by atoms with E-state index < -0.39 is 11.9 Å². The maximum atomic E-state index is 13.0. The van der Waals surface area contributed by atoms with Crippen LogP contribution in [0.2, 0.25) is 0 Å². The molecular formula is C12H14FNO2. The number of aliphatic hydroxyl groups is 1. The van der Waals surface area contributed by atoms with Gasteiger partial charge in [0.1, 0.15) is 5.82 Å². The van der Waals surface area contributed by atoms with E-state index in [1.807, 2.05) is 6.92 Å². The van der Waals surface area contributed by atoms with E-state index in [-0.39, 0.29) is 11.9 Å². The Morgan fingerprint density at radius 1 is 1.56 bits per heavy atom. The van der Waals surface area contributed by atoms with E-state index in [1.54, 1.807) is 11.0 Å². The molecular weight excluding hydrogens is 209 g/mol. The molecule has 2 atom stereocenters. The number of rotatable bonds is 1. The number of hydrogen-bond acceptors (Lipinski definition) is 2. The molecule has 86 valence electrons. The molecule has 3 nitrogen and oxygen atoms in total. The van der Waals surface area contributed by atoms with Crippen molar-refractivity contribution in [2.24, 2.45) is 0 Å². The number of aliphatic hydroxyl groups excluding tert-OH is 1. The van der Waals surface area contributed by atoms with E-state index in [0.29, 0.717) is 18.5 Å². The molecule has 0 saturated carbocycles. The summed E-state index contributed by atoms with van der Waals surface area (Å²) in [6.45, 7) is 2.21. The van der Waals surface area contributed by atoms with Crippen LogP contribution in [0.25, 0.3) is 0 Å². The highest BCUT2D eigenvalue weighted by atomic mass is 19.1. The van der Waals surface area contributed by atoms with Crippen molar-refractivity contribution in [1.29, 1.82) is 0 Å². The Kier molecular flexibility index (Phi) is 2.92. The number of benzene rings is 1. The maximum Gasteiger partial charge on any atom is 0.254 e. The molecule has 1 aromatic carbocycles. The number of amides is 1. The second-order valence-corrected chi connectivity index (χ2v) is 4.21. The van der Waals surface area contributed by atoms with Crippen molar-refractivity contribution >= 4 is 5.91 Å². The number of hydrogen-bond donors (Lipinski definition) is 1. The number of likely N-dealkylation sites (tertiary alicyclic amines) is 1. The van der Waals surface area contributed by atoms with Gasteiger partial charge >= 0.3 is 0 Å². The van der Waals surface area contributed by atoms with Gasteiger partial charge in [-0.05, 0) is 31.5 Å². The minimum absolute atomic E-state index is 0.00534. The Bertz CT molecular complexity index is 408. The third-order valence-electron chi connectivity index (χ3n) is 2.89. The third-order valence-corrected chi connectivity index (χ3v) is 2.89. The molecule has 0 aliphatic carbocycles. The predicted octanol–water partition coefficient (Wildman–Crippen LogP) is 1.42. The molecule has 1 N–H and O–H groups in total. The molecule has 0 aromatic heterocycles. The summed E-state index contributed by atoms with van der Waals surface area (Å²) < 4.78 is 13.0. The smallest absolute Gasteiger partial charge is 0.254 e. The van der Waals surface area contributed by atoms with Crippen molar-refractivity contribution in [2.45, 2.75) is 25.5 Å². The average Bonchev–Trinajstić information content (AvgIpc) is 2.57. The van der Waals surface area contributed by atoms with Crippen LogP contribution >= 0.6 is 0 Å². The minimum atomic E-state index is -0.465. The van der Waals surface area contributed by atoms with E-state index in [1.165, 1.54) is 18.2 Å². The molecule has 1 heterocycles. The highest BCUT2D eigenvalue weighted by Crippen LogP contribution is 2.20. The van der Waals surface area contributed by atoms with Crippen LogP contribution in [0.3, 0.4) is 0 Å². The lowest BCUT2D eigenvalue weighted by Gasteiger charge is -2.21. The van der Waals surface area contributed by atoms with Gasteiger partial charge in [0.25, 0.3) is 5.91 Å². The molecule has 1 amide bonds. The molecule has 0 radical (unpaired) electrons. The summed E-state index contributed by atoms with van der Waals surface area (Å²) in [6, 6.07) is 5.63. The third kappa shape index (κ3) is 2.07. The van der Waals surface area contributed by atoms with Crippen LogP contribution in [-0.4, -0.2) is 34.6 Å². The van der Waals surface area contributed by atoms with Crippen molar-refractivity contribution < 1.29 is 14.3 Å². The lowest BCUT2D eigenvalue weighted by atomic mass is 10.2. The van der Waals surface area contributed by atoms with Crippen LogP contribution in [0.1, 0.15) is 23.7 Å². The number of nitrogens with zero attached hydrogens (tertiary/aromatic N) is 1. The van der Waals surface area contributed by atoms with Crippen molar-refractivity contribution in [2.75, 3.05) is 6.54 Å². The first-order valence-corrected chi connectivity index (χ1v) is 5.32. The van der Waals surface area contributed by atoms with E-state index >= 15 is 0 Å². The fourth-order valence-corrected chi connectivity index (χ4v) is 2.07. The lowest BCUT2D eigenvalue weighted by Crippen LogP contribution is -2.34. The normalized spacial score (nSPS) is 24.8. The van der Waals surface area contributed by atoms with Crippen molar-refractivity contribution in [3.63, 3.8) is 0 Å². The number of β-amino-alcohol motifs (C(OH)–C–C–N with tert-alkyl or cyclic N) is 1. The summed E-state index contributed by atoms with van der Waals surface area (Å²) in [7, 11) is 0. The Morgan fingerprint density at radius 3 is 2.88 bits per heavy atom. The van der Waals surface area contributed by atoms with Gasteiger partial charge in [-0.2, -0.15) is 0 Å². The Labute approximate surface area is 93.5 Å². The van der Waals surface area contributed by atoms with Crippen LogP contribution in [0.5, 0.6) is 0 Å². The fraction of sp³-hybridized carbons (Fsp3) is 0.417. The molecule has 2 rings (SSSR count). The molecule has 0 spiro atoms. The van der Waals surface area contributed by atoms with Crippen LogP contribution < -0.4 is 0 Å². The highest BCUT2D eigenvalue weighted by molar-refractivity contribution is 5.94. The van der Waals surface area contributed by atoms with Crippen molar-refractivity contribution in [3.05, 3.63) is 35.6 Å². The molecule has 0 bridgehead atoms. The van der Waals surface area contributed by atoms with Crippen LogP contribution in [0.15, 0.2) is 24.3 Å². The number of halogens is 1. The van der Waals surface area contributed by atoms with Crippen LogP contribution in [-0.2, 0) is 0 Å². The average molecular weight is 223 g/mol. The van der Waals surface area contributed by atoms with E-state index in [0.717, 1.165) is 0 Å². The molecule has 0 unspecified atom stereocenters. The van der Waals surface area contributed by atoms with Gasteiger partial charge in [0.15, 0.2) is 0 Å². The summed E-state index contributed by atoms with van der Waals surface area (Å²) >= 11 is 0. The summed E-state index contributed by atoms with van der Waals surface area (Å²) in [5.74, 6) is -0.637. The largest absolute Gasteiger partial charge is 0.391 e. The Hall–Kier alpha value is -1.42. The summed E-state index contributed by atoms with van der Waals surface area (Å²) in [6.07, 6.45) is 0.119. The van der Waals surface area contributed by atoms with Gasteiger partial charge in [-0.3, -0.25) is 4.79 Å². The molecule has 4 heteroatoms. The fourth-order valence-electron chi connectivity index (χ4n) is 2.07.